The van der Waals surface area contributed by atoms with Crippen LogP contribution in [0.25, 0.3) is 10.6 Å². The number of aromatic nitrogens is 2. The third-order valence-electron chi connectivity index (χ3n) is 1.73. The van der Waals surface area contributed by atoms with Gasteiger partial charge in [0.15, 0.2) is 0 Å². The maximum absolute atomic E-state index is 10.4. The van der Waals surface area contributed by atoms with Crippen LogP contribution in [0.2, 0.25) is 4.47 Å². The molecule has 5 nitrogen and oxygen atoms in total. The number of hydrogen-bond acceptors (Lipinski definition) is 5. The van der Waals surface area contributed by atoms with Crippen LogP contribution in [-0.2, 0) is 0 Å². The van der Waals surface area contributed by atoms with Gasteiger partial charge >= 0.3 is 0 Å². The van der Waals surface area contributed by atoms with E-state index in [1.54, 1.807) is 12.1 Å². The van der Waals surface area contributed by atoms with Gasteiger partial charge in [-0.2, -0.15) is 0 Å². The first-order chi connectivity index (χ1) is 7.16. The molecule has 1 aromatic heterocycles. The Morgan fingerprint density at radius 1 is 1.27 bits per heavy atom. The first-order valence-corrected chi connectivity index (χ1v) is 5.10. The minimum atomic E-state index is -0.448. The predicted molar refractivity (Wildman–Crippen MR) is 57.0 cm³/mol. The van der Waals surface area contributed by atoms with Crippen molar-refractivity contribution in [1.29, 1.82) is 0 Å². The summed E-state index contributed by atoms with van der Waals surface area (Å²) in [5, 5.41) is 18.5. The van der Waals surface area contributed by atoms with Crippen molar-refractivity contribution in [2.45, 2.75) is 0 Å². The van der Waals surface area contributed by atoms with E-state index in [2.05, 4.69) is 10.2 Å². The molecule has 15 heavy (non-hydrogen) atoms. The summed E-state index contributed by atoms with van der Waals surface area (Å²) in [7, 11) is 0. The Morgan fingerprint density at radius 2 is 1.93 bits per heavy atom. The molecule has 0 N–H and O–H groups in total. The van der Waals surface area contributed by atoms with Crippen LogP contribution in [0.4, 0.5) is 5.69 Å². The topological polar surface area (TPSA) is 68.9 Å². The lowest BCUT2D eigenvalue weighted by molar-refractivity contribution is -0.384. The summed E-state index contributed by atoms with van der Waals surface area (Å²) in [6, 6.07) is 6.08. The Balaban J connectivity index is 2.35. The fourth-order valence-corrected chi connectivity index (χ4v) is 1.88. The van der Waals surface area contributed by atoms with Crippen LogP contribution < -0.4 is 0 Å². The van der Waals surface area contributed by atoms with Crippen molar-refractivity contribution in [1.82, 2.24) is 10.2 Å². The lowest BCUT2D eigenvalue weighted by Crippen LogP contribution is -1.86. The van der Waals surface area contributed by atoms with Crippen molar-refractivity contribution in [3.8, 4) is 10.6 Å². The van der Waals surface area contributed by atoms with Crippen LogP contribution >= 0.6 is 22.9 Å². The van der Waals surface area contributed by atoms with Crippen LogP contribution in [0.15, 0.2) is 24.3 Å². The largest absolute Gasteiger partial charge is 0.269 e. The molecule has 0 spiro atoms. The molecule has 0 unspecified atom stereocenters. The molecule has 0 amide bonds. The number of non-ortho nitro benzene ring substituents is 1. The molecule has 7 heteroatoms. The van der Waals surface area contributed by atoms with Crippen molar-refractivity contribution in [3.63, 3.8) is 0 Å². The van der Waals surface area contributed by atoms with Gasteiger partial charge in [-0.25, -0.2) is 0 Å². The first kappa shape index (κ1) is 10.0. The van der Waals surface area contributed by atoms with E-state index in [0.29, 0.717) is 9.47 Å². The minimum Gasteiger partial charge on any atom is -0.258 e. The average Bonchev–Trinajstić information content (AvgIpc) is 2.65. The highest BCUT2D eigenvalue weighted by atomic mass is 35.5. The van der Waals surface area contributed by atoms with Crippen LogP contribution in [0.5, 0.6) is 0 Å². The van der Waals surface area contributed by atoms with E-state index < -0.39 is 4.92 Å². The lowest BCUT2D eigenvalue weighted by atomic mass is 10.2. The molecule has 0 bridgehead atoms. The third kappa shape index (κ3) is 2.11. The number of rotatable bonds is 2. The normalized spacial score (nSPS) is 10.2. The van der Waals surface area contributed by atoms with E-state index in [9.17, 15) is 10.1 Å². The predicted octanol–water partition coefficient (Wildman–Crippen LogP) is 2.77. The standard InChI is InChI=1S/C8H4ClN3O2S/c9-8-11-10-7(15-8)5-1-3-6(4-2-5)12(13)14/h1-4H. The molecular weight excluding hydrogens is 238 g/mol. The van der Waals surface area contributed by atoms with Gasteiger partial charge in [0.05, 0.1) is 4.92 Å². The fraction of sp³-hybridized carbons (Fsp3) is 0. The summed E-state index contributed by atoms with van der Waals surface area (Å²) in [6.45, 7) is 0. The Hall–Kier alpha value is -1.53. The van der Waals surface area contributed by atoms with Gasteiger partial charge < -0.3 is 0 Å². The highest BCUT2D eigenvalue weighted by Crippen LogP contribution is 2.27. The molecule has 0 atom stereocenters. The molecule has 2 aromatic rings. The van der Waals surface area contributed by atoms with Gasteiger partial charge in [0.1, 0.15) is 5.01 Å². The molecule has 2 rings (SSSR count). The second-order valence-corrected chi connectivity index (χ2v) is 4.22. The van der Waals surface area contributed by atoms with E-state index in [1.165, 1.54) is 23.5 Å². The molecule has 0 saturated heterocycles. The second kappa shape index (κ2) is 3.92. The van der Waals surface area contributed by atoms with Crippen LogP contribution in [0, 0.1) is 10.1 Å². The second-order valence-electron chi connectivity index (χ2n) is 2.66. The van der Waals surface area contributed by atoms with Gasteiger partial charge in [0, 0.05) is 17.7 Å². The molecule has 76 valence electrons. The summed E-state index contributed by atoms with van der Waals surface area (Å²) in [6.07, 6.45) is 0. The van der Waals surface area contributed by atoms with Gasteiger partial charge in [-0.15, -0.1) is 10.2 Å². The van der Waals surface area contributed by atoms with E-state index in [-0.39, 0.29) is 5.69 Å². The van der Waals surface area contributed by atoms with Crippen molar-refractivity contribution in [3.05, 3.63) is 38.8 Å². The Bertz CT molecular complexity index is 497. The Labute approximate surface area is 93.5 Å². The van der Waals surface area contributed by atoms with E-state index in [1.807, 2.05) is 0 Å². The summed E-state index contributed by atoms with van der Waals surface area (Å²) in [5.74, 6) is 0. The van der Waals surface area contributed by atoms with Crippen LogP contribution in [0.1, 0.15) is 0 Å². The van der Waals surface area contributed by atoms with Crippen molar-refractivity contribution in [2.24, 2.45) is 0 Å². The number of benzene rings is 1. The van der Waals surface area contributed by atoms with E-state index in [4.69, 9.17) is 11.6 Å². The highest BCUT2D eigenvalue weighted by molar-refractivity contribution is 7.18. The van der Waals surface area contributed by atoms with Crippen LogP contribution in [-0.4, -0.2) is 15.1 Å². The van der Waals surface area contributed by atoms with E-state index in [0.717, 1.165) is 5.56 Å². The summed E-state index contributed by atoms with van der Waals surface area (Å²) < 4.78 is 0.350. The zero-order valence-electron chi connectivity index (χ0n) is 7.25. The SMILES string of the molecule is O=[N+]([O-])c1ccc(-c2nnc(Cl)s2)cc1. The zero-order valence-corrected chi connectivity index (χ0v) is 8.83. The first-order valence-electron chi connectivity index (χ1n) is 3.90. The molecule has 0 aliphatic carbocycles. The summed E-state index contributed by atoms with van der Waals surface area (Å²) in [4.78, 5) is 9.96. The molecule has 0 aliphatic heterocycles. The van der Waals surface area contributed by atoms with Crippen molar-refractivity contribution >= 4 is 28.6 Å². The van der Waals surface area contributed by atoms with Crippen LogP contribution in [0.3, 0.4) is 0 Å². The number of nitro groups is 1. The maximum atomic E-state index is 10.4. The minimum absolute atomic E-state index is 0.0503. The lowest BCUT2D eigenvalue weighted by Gasteiger charge is -1.94. The maximum Gasteiger partial charge on any atom is 0.269 e. The quantitative estimate of drug-likeness (QED) is 0.599. The Morgan fingerprint density at radius 3 is 2.40 bits per heavy atom. The smallest absolute Gasteiger partial charge is 0.258 e. The van der Waals surface area contributed by atoms with Gasteiger partial charge in [0.25, 0.3) is 5.69 Å². The molecule has 1 heterocycles. The highest BCUT2D eigenvalue weighted by Gasteiger charge is 2.08. The monoisotopic (exact) mass is 241 g/mol. The van der Waals surface area contributed by atoms with Gasteiger partial charge in [-0.05, 0) is 23.7 Å². The van der Waals surface area contributed by atoms with Gasteiger partial charge in [-0.1, -0.05) is 11.3 Å². The summed E-state index contributed by atoms with van der Waals surface area (Å²) in [5.41, 5.74) is 0.819. The Kier molecular flexibility index (Phi) is 2.61. The number of halogens is 1. The number of nitrogens with zero attached hydrogens (tertiary/aromatic N) is 3. The van der Waals surface area contributed by atoms with Gasteiger partial charge in [-0.3, -0.25) is 10.1 Å². The summed E-state index contributed by atoms with van der Waals surface area (Å²) >= 11 is 6.86. The molecule has 0 saturated carbocycles. The molecule has 1 aromatic carbocycles. The van der Waals surface area contributed by atoms with E-state index >= 15 is 0 Å². The zero-order chi connectivity index (χ0) is 10.8. The molecule has 0 aliphatic rings. The number of hydrogen-bond donors (Lipinski definition) is 0. The molecular formula is C8H4ClN3O2S. The third-order valence-corrected chi connectivity index (χ3v) is 2.79. The average molecular weight is 242 g/mol. The van der Waals surface area contributed by atoms with Crippen molar-refractivity contribution in [2.75, 3.05) is 0 Å². The molecule has 0 fully saturated rings. The molecule has 0 radical (unpaired) electrons. The number of nitro benzene ring substituents is 1. The van der Waals surface area contributed by atoms with Crippen molar-refractivity contribution < 1.29 is 4.92 Å². The van der Waals surface area contributed by atoms with Gasteiger partial charge in [0.2, 0.25) is 4.47 Å². The fourth-order valence-electron chi connectivity index (χ4n) is 1.05.